The van der Waals surface area contributed by atoms with Crippen molar-refractivity contribution in [2.45, 2.75) is 65.0 Å². The van der Waals surface area contributed by atoms with E-state index in [9.17, 15) is 5.11 Å². The Labute approximate surface area is 179 Å². The maximum atomic E-state index is 10.7. The number of nitrogens with one attached hydrogen (secondary N) is 1. The first-order valence-corrected chi connectivity index (χ1v) is 10.6. The Kier molecular flexibility index (Phi) is 7.30. The average molecular weight is 410 g/mol. The molecule has 3 rings (SSSR count). The zero-order valence-corrected chi connectivity index (χ0v) is 18.3. The Bertz CT molecular complexity index is 931. The Balaban J connectivity index is 1.87. The minimum Gasteiger partial charge on any atom is -0.467 e. The predicted molar refractivity (Wildman–Crippen MR) is 118 cm³/mol. The fraction of sp³-hybridized carbons (Fsp3) is 0.500. The van der Waals surface area contributed by atoms with Crippen molar-refractivity contribution >= 4 is 5.82 Å². The van der Waals surface area contributed by atoms with E-state index in [1.54, 1.807) is 6.92 Å². The van der Waals surface area contributed by atoms with Crippen LogP contribution in [0.25, 0.3) is 11.3 Å². The van der Waals surface area contributed by atoms with Crippen LogP contribution in [0.1, 0.15) is 57.6 Å². The van der Waals surface area contributed by atoms with Crippen molar-refractivity contribution in [1.29, 1.82) is 0 Å². The molecule has 0 unspecified atom stereocenters. The lowest BCUT2D eigenvalue weighted by molar-refractivity contribution is 0.0104. The van der Waals surface area contributed by atoms with E-state index in [1.807, 2.05) is 45.0 Å². The maximum Gasteiger partial charge on any atom is 0.189 e. The third-order valence-electron chi connectivity index (χ3n) is 5.49. The van der Waals surface area contributed by atoms with Crippen LogP contribution >= 0.6 is 0 Å². The standard InChI is InChI=1S/C24H31N3O3/c1-5-9-18-11-12-19(20(15-18)30-16-29-6-2)23-17(3)14-22(26-27-23)25-21-10-7-8-13-24(21,4)28/h11-12,14-15,21,28H,6-8,10,13,16H2,1-4H3,(H,25,26)/t21-,24+/m0/s1. The second-order valence-corrected chi connectivity index (χ2v) is 7.90. The number of nitrogens with zero attached hydrogens (tertiary/aromatic N) is 2. The highest BCUT2D eigenvalue weighted by Crippen LogP contribution is 2.33. The highest BCUT2D eigenvalue weighted by atomic mass is 16.7. The number of rotatable bonds is 7. The van der Waals surface area contributed by atoms with Gasteiger partial charge in [-0.05, 0) is 70.4 Å². The largest absolute Gasteiger partial charge is 0.467 e. The van der Waals surface area contributed by atoms with Gasteiger partial charge in [-0.1, -0.05) is 18.8 Å². The number of benzene rings is 1. The zero-order valence-electron chi connectivity index (χ0n) is 18.3. The molecule has 0 saturated heterocycles. The van der Waals surface area contributed by atoms with Gasteiger partial charge in [0.1, 0.15) is 11.6 Å². The average Bonchev–Trinajstić information content (AvgIpc) is 2.71. The lowest BCUT2D eigenvalue weighted by Crippen LogP contribution is -2.46. The lowest BCUT2D eigenvalue weighted by Gasteiger charge is -2.37. The molecule has 1 aliphatic carbocycles. The molecule has 30 heavy (non-hydrogen) atoms. The molecule has 1 fully saturated rings. The zero-order chi connectivity index (χ0) is 21.6. The minimum absolute atomic E-state index is 0.0252. The molecular weight excluding hydrogens is 378 g/mol. The first-order valence-electron chi connectivity index (χ1n) is 10.6. The van der Waals surface area contributed by atoms with E-state index in [4.69, 9.17) is 9.47 Å². The van der Waals surface area contributed by atoms with E-state index in [0.717, 1.165) is 48.1 Å². The van der Waals surface area contributed by atoms with Crippen LogP contribution in [0.15, 0.2) is 24.3 Å². The molecule has 2 N–H and O–H groups in total. The Hall–Kier alpha value is -2.62. The van der Waals surface area contributed by atoms with Crippen molar-refractivity contribution in [2.75, 3.05) is 18.7 Å². The van der Waals surface area contributed by atoms with Gasteiger partial charge in [0.05, 0.1) is 17.3 Å². The van der Waals surface area contributed by atoms with Crippen LogP contribution in [0.3, 0.4) is 0 Å². The molecule has 160 valence electrons. The van der Waals surface area contributed by atoms with Crippen LogP contribution in [-0.2, 0) is 4.74 Å². The molecule has 1 heterocycles. The summed E-state index contributed by atoms with van der Waals surface area (Å²) in [6.07, 6.45) is 3.87. The molecule has 0 radical (unpaired) electrons. The number of hydrogen-bond acceptors (Lipinski definition) is 6. The van der Waals surface area contributed by atoms with Gasteiger partial charge < -0.3 is 19.9 Å². The molecule has 1 aromatic carbocycles. The summed E-state index contributed by atoms with van der Waals surface area (Å²) in [6.45, 7) is 8.36. The van der Waals surface area contributed by atoms with Gasteiger partial charge in [0.25, 0.3) is 0 Å². The minimum atomic E-state index is -0.733. The fourth-order valence-electron chi connectivity index (χ4n) is 3.79. The first-order chi connectivity index (χ1) is 14.4. The molecule has 0 bridgehead atoms. The van der Waals surface area contributed by atoms with Gasteiger partial charge in [0, 0.05) is 17.7 Å². The van der Waals surface area contributed by atoms with E-state index in [0.29, 0.717) is 18.2 Å². The van der Waals surface area contributed by atoms with Crippen molar-refractivity contribution in [1.82, 2.24) is 10.2 Å². The normalized spacial score (nSPS) is 20.9. The molecule has 6 heteroatoms. The van der Waals surface area contributed by atoms with Crippen molar-refractivity contribution in [3.05, 3.63) is 35.4 Å². The number of aryl methyl sites for hydroxylation is 1. The van der Waals surface area contributed by atoms with Gasteiger partial charge >= 0.3 is 0 Å². The summed E-state index contributed by atoms with van der Waals surface area (Å²) in [5, 5.41) is 22.9. The molecule has 1 aliphatic rings. The van der Waals surface area contributed by atoms with Crippen molar-refractivity contribution in [2.24, 2.45) is 0 Å². The van der Waals surface area contributed by atoms with Crippen molar-refractivity contribution < 1.29 is 14.6 Å². The fourth-order valence-corrected chi connectivity index (χ4v) is 3.79. The van der Waals surface area contributed by atoms with Crippen molar-refractivity contribution in [3.8, 4) is 28.8 Å². The van der Waals surface area contributed by atoms with Crippen LogP contribution in [-0.4, -0.2) is 40.3 Å². The van der Waals surface area contributed by atoms with Crippen molar-refractivity contribution in [3.63, 3.8) is 0 Å². The Morgan fingerprint density at radius 3 is 2.80 bits per heavy atom. The highest BCUT2D eigenvalue weighted by molar-refractivity contribution is 5.71. The summed E-state index contributed by atoms with van der Waals surface area (Å²) in [7, 11) is 0. The number of anilines is 1. The topological polar surface area (TPSA) is 76.5 Å². The Morgan fingerprint density at radius 2 is 2.10 bits per heavy atom. The number of ether oxygens (including phenoxy) is 2. The van der Waals surface area contributed by atoms with Gasteiger partial charge in [0.15, 0.2) is 6.79 Å². The lowest BCUT2D eigenvalue weighted by atomic mass is 9.82. The second kappa shape index (κ2) is 9.92. The number of aliphatic hydroxyl groups is 1. The van der Waals surface area contributed by atoms with Gasteiger partial charge in [-0.3, -0.25) is 0 Å². The molecule has 1 aromatic heterocycles. The predicted octanol–water partition coefficient (Wildman–Crippen LogP) is 4.30. The smallest absolute Gasteiger partial charge is 0.189 e. The summed E-state index contributed by atoms with van der Waals surface area (Å²) in [5.41, 5.74) is 2.70. The molecular formula is C24H31N3O3. The van der Waals surface area contributed by atoms with Crippen LogP contribution in [0.4, 0.5) is 5.82 Å². The Morgan fingerprint density at radius 1 is 1.27 bits per heavy atom. The number of aromatic nitrogens is 2. The third kappa shape index (κ3) is 5.29. The molecule has 0 amide bonds. The summed E-state index contributed by atoms with van der Waals surface area (Å²) in [4.78, 5) is 0. The molecule has 1 saturated carbocycles. The summed E-state index contributed by atoms with van der Waals surface area (Å²) in [6, 6.07) is 7.75. The summed E-state index contributed by atoms with van der Waals surface area (Å²) in [5.74, 6) is 7.30. The van der Waals surface area contributed by atoms with Crippen LogP contribution in [0.5, 0.6) is 5.75 Å². The second-order valence-electron chi connectivity index (χ2n) is 7.90. The summed E-state index contributed by atoms with van der Waals surface area (Å²) >= 11 is 0. The van der Waals surface area contributed by atoms with E-state index < -0.39 is 5.60 Å². The number of hydrogen-bond donors (Lipinski definition) is 2. The van der Waals surface area contributed by atoms with Crippen LogP contribution in [0, 0.1) is 18.8 Å². The highest BCUT2D eigenvalue weighted by Gasteiger charge is 2.34. The van der Waals surface area contributed by atoms with Crippen LogP contribution in [0.2, 0.25) is 0 Å². The van der Waals surface area contributed by atoms with E-state index in [2.05, 4.69) is 27.4 Å². The first kappa shape index (κ1) is 22.1. The van der Waals surface area contributed by atoms with Gasteiger partial charge in [-0.2, -0.15) is 0 Å². The molecule has 2 atom stereocenters. The molecule has 0 spiro atoms. The van der Waals surface area contributed by atoms with Gasteiger partial charge in [-0.15, -0.1) is 16.1 Å². The molecule has 6 nitrogen and oxygen atoms in total. The molecule has 0 aliphatic heterocycles. The SMILES string of the molecule is CC#Cc1ccc(-c2nnc(N[C@H]3CCCC[C@@]3(C)O)cc2C)c(OCOCC)c1. The molecule has 2 aromatic rings. The van der Waals surface area contributed by atoms with E-state index in [1.165, 1.54) is 0 Å². The monoisotopic (exact) mass is 409 g/mol. The third-order valence-corrected chi connectivity index (χ3v) is 5.49. The van der Waals surface area contributed by atoms with E-state index >= 15 is 0 Å². The van der Waals surface area contributed by atoms with E-state index in [-0.39, 0.29) is 12.8 Å². The van der Waals surface area contributed by atoms with Gasteiger partial charge in [0.2, 0.25) is 0 Å². The summed E-state index contributed by atoms with van der Waals surface area (Å²) < 4.78 is 11.2. The quantitative estimate of drug-likeness (QED) is 0.403. The maximum absolute atomic E-state index is 10.7. The van der Waals surface area contributed by atoms with Gasteiger partial charge in [-0.25, -0.2) is 0 Å². The van der Waals surface area contributed by atoms with Crippen LogP contribution < -0.4 is 10.1 Å².